The molecular weight excluding hydrogens is 204 g/mol. The highest BCUT2D eigenvalue weighted by molar-refractivity contribution is 5.70. The van der Waals surface area contributed by atoms with E-state index in [1.54, 1.807) is 12.2 Å². The van der Waals surface area contributed by atoms with E-state index in [-0.39, 0.29) is 5.92 Å². The van der Waals surface area contributed by atoms with E-state index in [9.17, 15) is 9.59 Å². The third-order valence-corrected chi connectivity index (χ3v) is 1.93. The molecule has 0 aliphatic rings. The summed E-state index contributed by atoms with van der Waals surface area (Å²) < 4.78 is 0. The maximum atomic E-state index is 10.4. The molecule has 0 radical (unpaired) electrons. The summed E-state index contributed by atoms with van der Waals surface area (Å²) in [5.74, 6) is -1.12. The molecule has 0 aliphatic carbocycles. The molecular formula is C13H22O3. The summed E-state index contributed by atoms with van der Waals surface area (Å²) in [6.45, 7) is 9.01. The van der Waals surface area contributed by atoms with Crippen molar-refractivity contribution in [1.29, 1.82) is 0 Å². The van der Waals surface area contributed by atoms with Crippen LogP contribution in [0.25, 0.3) is 0 Å². The lowest BCUT2D eigenvalue weighted by atomic mass is 10.0. The monoisotopic (exact) mass is 226 g/mol. The van der Waals surface area contributed by atoms with E-state index in [0.29, 0.717) is 12.8 Å². The summed E-state index contributed by atoms with van der Waals surface area (Å²) in [6.07, 6.45) is 8.12. The fourth-order valence-electron chi connectivity index (χ4n) is 0.988. The molecule has 1 N–H and O–H groups in total. The smallest absolute Gasteiger partial charge is 0.307 e. The Morgan fingerprint density at radius 3 is 2.00 bits per heavy atom. The van der Waals surface area contributed by atoms with Gasteiger partial charge in [0.2, 0.25) is 0 Å². The molecule has 0 saturated heterocycles. The summed E-state index contributed by atoms with van der Waals surface area (Å²) in [7, 11) is 0. The number of allylic oxidation sites excluding steroid dienone is 2. The van der Waals surface area contributed by atoms with E-state index < -0.39 is 5.97 Å². The van der Waals surface area contributed by atoms with Gasteiger partial charge in [-0.05, 0) is 19.3 Å². The lowest BCUT2D eigenvalue weighted by Gasteiger charge is -2.04. The molecule has 0 bridgehead atoms. The Bertz CT molecular complexity index is 199. The predicted molar refractivity (Wildman–Crippen MR) is 66.3 cm³/mol. The molecule has 0 aromatic heterocycles. The Labute approximate surface area is 97.9 Å². The first-order valence-electron chi connectivity index (χ1n) is 5.52. The lowest BCUT2D eigenvalue weighted by Crippen LogP contribution is -2.11. The molecule has 0 aromatic rings. The predicted octanol–water partition coefficient (Wildman–Crippen LogP) is 3.21. The van der Waals surface area contributed by atoms with Crippen LogP contribution in [0.2, 0.25) is 0 Å². The maximum absolute atomic E-state index is 10.4. The van der Waals surface area contributed by atoms with Gasteiger partial charge in [-0.3, -0.25) is 4.79 Å². The third kappa shape index (κ3) is 12.6. The Hall–Kier alpha value is -1.38. The fourth-order valence-corrected chi connectivity index (χ4v) is 0.988. The minimum Gasteiger partial charge on any atom is -0.481 e. The molecule has 3 nitrogen and oxygen atoms in total. The topological polar surface area (TPSA) is 54.4 Å². The van der Waals surface area contributed by atoms with Crippen LogP contribution in [-0.2, 0) is 9.59 Å². The second kappa shape index (κ2) is 13.6. The number of hydrogen-bond donors (Lipinski definition) is 1. The van der Waals surface area contributed by atoms with Crippen LogP contribution in [0.15, 0.2) is 25.3 Å². The quantitative estimate of drug-likeness (QED) is 0.393. The van der Waals surface area contributed by atoms with Crippen LogP contribution in [0.3, 0.4) is 0 Å². The van der Waals surface area contributed by atoms with Crippen LogP contribution in [0.4, 0.5) is 0 Å². The van der Waals surface area contributed by atoms with Crippen molar-refractivity contribution in [1.82, 2.24) is 0 Å². The summed E-state index contributed by atoms with van der Waals surface area (Å²) >= 11 is 0. The summed E-state index contributed by atoms with van der Waals surface area (Å²) in [4.78, 5) is 19.9. The molecule has 0 amide bonds. The van der Waals surface area contributed by atoms with E-state index in [1.807, 2.05) is 0 Å². The zero-order valence-corrected chi connectivity index (χ0v) is 10.0. The van der Waals surface area contributed by atoms with Gasteiger partial charge in [0.05, 0.1) is 5.92 Å². The number of unbranched alkanes of at least 4 members (excludes halogenated alkanes) is 2. The summed E-state index contributed by atoms with van der Waals surface area (Å²) in [5.41, 5.74) is 0. The van der Waals surface area contributed by atoms with Crippen molar-refractivity contribution in [3.8, 4) is 0 Å². The van der Waals surface area contributed by atoms with E-state index in [4.69, 9.17) is 5.11 Å². The Kier molecular flexibility index (Phi) is 14.5. The summed E-state index contributed by atoms with van der Waals surface area (Å²) in [5, 5.41) is 8.54. The molecule has 92 valence electrons. The van der Waals surface area contributed by atoms with Gasteiger partial charge in [0.15, 0.2) is 0 Å². The van der Waals surface area contributed by atoms with Gasteiger partial charge in [-0.15, -0.1) is 13.2 Å². The van der Waals surface area contributed by atoms with Crippen LogP contribution in [0.1, 0.15) is 39.0 Å². The van der Waals surface area contributed by atoms with Crippen molar-refractivity contribution < 1.29 is 14.7 Å². The number of hydrogen-bond acceptors (Lipinski definition) is 2. The highest BCUT2D eigenvalue weighted by atomic mass is 16.4. The zero-order valence-electron chi connectivity index (χ0n) is 10.0. The molecule has 0 rings (SSSR count). The number of aliphatic carboxylic acids is 1. The number of carbonyl (C=O) groups excluding carboxylic acids is 1. The molecule has 0 spiro atoms. The third-order valence-electron chi connectivity index (χ3n) is 1.93. The number of rotatable bonds is 8. The molecule has 3 heteroatoms. The first kappa shape index (κ1) is 17.0. The van der Waals surface area contributed by atoms with Gasteiger partial charge < -0.3 is 9.90 Å². The minimum absolute atomic E-state index is 0.338. The largest absolute Gasteiger partial charge is 0.481 e. The van der Waals surface area contributed by atoms with Crippen LogP contribution < -0.4 is 0 Å². The zero-order chi connectivity index (χ0) is 12.8. The van der Waals surface area contributed by atoms with Crippen molar-refractivity contribution in [2.45, 2.75) is 39.0 Å². The molecule has 0 atom stereocenters. The van der Waals surface area contributed by atoms with Gasteiger partial charge in [0.1, 0.15) is 6.29 Å². The second-order valence-electron chi connectivity index (χ2n) is 3.39. The van der Waals surface area contributed by atoms with Crippen LogP contribution in [0, 0.1) is 5.92 Å². The van der Waals surface area contributed by atoms with Gasteiger partial charge in [0.25, 0.3) is 0 Å². The highest BCUT2D eigenvalue weighted by Crippen LogP contribution is 2.09. The average molecular weight is 226 g/mol. The maximum Gasteiger partial charge on any atom is 0.307 e. The molecule has 0 heterocycles. The van der Waals surface area contributed by atoms with Crippen LogP contribution >= 0.6 is 0 Å². The fraction of sp³-hybridized carbons (Fsp3) is 0.538. The van der Waals surface area contributed by atoms with Crippen LogP contribution in [-0.4, -0.2) is 17.4 Å². The van der Waals surface area contributed by atoms with Gasteiger partial charge in [0, 0.05) is 6.42 Å². The van der Waals surface area contributed by atoms with E-state index in [1.165, 1.54) is 0 Å². The normalized spacial score (nSPS) is 8.88. The van der Waals surface area contributed by atoms with Gasteiger partial charge >= 0.3 is 5.97 Å². The average Bonchev–Trinajstić information content (AvgIpc) is 2.26. The number of carboxylic acid groups (broad SMARTS) is 1. The minimum atomic E-state index is -0.778. The van der Waals surface area contributed by atoms with Crippen molar-refractivity contribution in [3.05, 3.63) is 25.3 Å². The highest BCUT2D eigenvalue weighted by Gasteiger charge is 2.12. The number of carbonyl (C=O) groups is 2. The Morgan fingerprint density at radius 1 is 1.31 bits per heavy atom. The standard InChI is InChI=1S/C8H12O2.C5H10O/c1-3-5-7(6-4-2)8(9)10;1-2-3-4-5-6/h3-4,7H,1-2,5-6H2,(H,9,10);5H,2-4H2,1H3. The molecule has 0 unspecified atom stereocenters. The van der Waals surface area contributed by atoms with Crippen molar-refractivity contribution >= 4 is 12.3 Å². The van der Waals surface area contributed by atoms with Crippen molar-refractivity contribution in [2.75, 3.05) is 0 Å². The number of aldehydes is 1. The van der Waals surface area contributed by atoms with Crippen LogP contribution in [0.5, 0.6) is 0 Å². The Balaban J connectivity index is 0. The van der Waals surface area contributed by atoms with Gasteiger partial charge in [-0.25, -0.2) is 0 Å². The van der Waals surface area contributed by atoms with E-state index in [2.05, 4.69) is 20.1 Å². The molecule has 0 fully saturated rings. The van der Waals surface area contributed by atoms with E-state index >= 15 is 0 Å². The van der Waals surface area contributed by atoms with Crippen molar-refractivity contribution in [2.24, 2.45) is 5.92 Å². The molecule has 0 saturated carbocycles. The lowest BCUT2D eigenvalue weighted by molar-refractivity contribution is -0.141. The van der Waals surface area contributed by atoms with E-state index in [0.717, 1.165) is 25.5 Å². The van der Waals surface area contributed by atoms with Crippen molar-refractivity contribution in [3.63, 3.8) is 0 Å². The number of carboxylic acids is 1. The summed E-state index contributed by atoms with van der Waals surface area (Å²) in [6, 6.07) is 0. The van der Waals surface area contributed by atoms with Gasteiger partial charge in [-0.1, -0.05) is 25.5 Å². The molecule has 16 heavy (non-hydrogen) atoms. The molecule has 0 aromatic carbocycles. The SMILES string of the molecule is C=CCC(CC=C)C(=O)O.CCCCC=O. The second-order valence-corrected chi connectivity index (χ2v) is 3.39. The molecule has 0 aliphatic heterocycles. The Morgan fingerprint density at radius 2 is 1.81 bits per heavy atom. The first-order valence-corrected chi connectivity index (χ1v) is 5.52. The first-order chi connectivity index (χ1) is 7.63. The van der Waals surface area contributed by atoms with Gasteiger partial charge in [-0.2, -0.15) is 0 Å².